The first kappa shape index (κ1) is 20.6. The van der Waals surface area contributed by atoms with Gasteiger partial charge in [-0.1, -0.05) is 56.3 Å². The monoisotopic (exact) mass is 369 g/mol. The highest BCUT2D eigenvalue weighted by molar-refractivity contribution is 5.79. The molecule has 0 aliphatic heterocycles. The number of hydrogen-bond acceptors (Lipinski definition) is 3. The standard InChI is InChI=1S/C22H31N3O2/c1-5-23-21(25-16-22(2,3)18-11-7-6-8-12-18)24-15-14-17-10-9-13-19(27-4)20(17)26/h6-13,26H,5,14-16H2,1-4H3,(H2,23,24,25). The summed E-state index contributed by atoms with van der Waals surface area (Å²) in [5, 5.41) is 16.8. The maximum absolute atomic E-state index is 10.2. The quantitative estimate of drug-likeness (QED) is 0.492. The number of rotatable bonds is 8. The summed E-state index contributed by atoms with van der Waals surface area (Å²) in [7, 11) is 1.56. The van der Waals surface area contributed by atoms with Gasteiger partial charge in [0.15, 0.2) is 17.5 Å². The molecular formula is C22H31N3O2. The molecule has 5 nitrogen and oxygen atoms in total. The number of hydrogen-bond donors (Lipinski definition) is 3. The van der Waals surface area contributed by atoms with Crippen molar-refractivity contribution in [1.82, 2.24) is 10.6 Å². The van der Waals surface area contributed by atoms with Gasteiger partial charge in [-0.3, -0.25) is 4.99 Å². The van der Waals surface area contributed by atoms with Crippen molar-refractivity contribution < 1.29 is 9.84 Å². The van der Waals surface area contributed by atoms with Crippen LogP contribution in [0.2, 0.25) is 0 Å². The number of para-hydroxylation sites is 1. The average molecular weight is 370 g/mol. The summed E-state index contributed by atoms with van der Waals surface area (Å²) in [4.78, 5) is 4.76. The third-order valence-electron chi connectivity index (χ3n) is 4.52. The van der Waals surface area contributed by atoms with Gasteiger partial charge in [-0.05, 0) is 30.5 Å². The predicted octanol–water partition coefficient (Wildman–Crippen LogP) is 3.48. The molecule has 146 valence electrons. The average Bonchev–Trinajstić information content (AvgIpc) is 2.68. The summed E-state index contributed by atoms with van der Waals surface area (Å²) in [6, 6.07) is 16.0. The predicted molar refractivity (Wildman–Crippen MR) is 112 cm³/mol. The molecule has 0 unspecified atom stereocenters. The van der Waals surface area contributed by atoms with Crippen molar-refractivity contribution in [2.45, 2.75) is 32.6 Å². The fourth-order valence-electron chi connectivity index (χ4n) is 2.85. The van der Waals surface area contributed by atoms with E-state index in [1.807, 2.05) is 25.1 Å². The Bertz CT molecular complexity index is 742. The molecule has 0 aromatic heterocycles. The van der Waals surface area contributed by atoms with Crippen molar-refractivity contribution in [3.63, 3.8) is 0 Å². The van der Waals surface area contributed by atoms with E-state index in [9.17, 15) is 5.11 Å². The Morgan fingerprint density at radius 1 is 1.07 bits per heavy atom. The first-order valence-electron chi connectivity index (χ1n) is 9.40. The lowest BCUT2D eigenvalue weighted by Gasteiger charge is -2.24. The van der Waals surface area contributed by atoms with Gasteiger partial charge in [-0.15, -0.1) is 0 Å². The summed E-state index contributed by atoms with van der Waals surface area (Å²) in [6.07, 6.45) is 0.676. The molecule has 0 bridgehead atoms. The third-order valence-corrected chi connectivity index (χ3v) is 4.52. The molecule has 0 saturated heterocycles. The summed E-state index contributed by atoms with van der Waals surface area (Å²) < 4.78 is 5.16. The number of phenols is 1. The molecule has 0 heterocycles. The molecule has 0 radical (unpaired) electrons. The van der Waals surface area contributed by atoms with Gasteiger partial charge in [-0.25, -0.2) is 0 Å². The van der Waals surface area contributed by atoms with Crippen molar-refractivity contribution in [2.75, 3.05) is 26.7 Å². The number of methoxy groups -OCH3 is 1. The van der Waals surface area contributed by atoms with E-state index >= 15 is 0 Å². The first-order chi connectivity index (χ1) is 13.0. The Morgan fingerprint density at radius 2 is 1.81 bits per heavy atom. The highest BCUT2D eigenvalue weighted by Crippen LogP contribution is 2.29. The van der Waals surface area contributed by atoms with Gasteiger partial charge in [0.2, 0.25) is 0 Å². The molecular weight excluding hydrogens is 338 g/mol. The molecule has 27 heavy (non-hydrogen) atoms. The highest BCUT2D eigenvalue weighted by Gasteiger charge is 2.20. The molecule has 2 aromatic rings. The van der Waals surface area contributed by atoms with Crippen LogP contribution >= 0.6 is 0 Å². The summed E-state index contributed by atoms with van der Waals surface area (Å²) in [5.41, 5.74) is 2.07. The maximum atomic E-state index is 10.2. The van der Waals surface area contributed by atoms with Crippen LogP contribution in [0.25, 0.3) is 0 Å². The van der Waals surface area contributed by atoms with Crippen molar-refractivity contribution >= 4 is 5.96 Å². The molecule has 2 rings (SSSR count). The van der Waals surface area contributed by atoms with Gasteiger partial charge in [0.25, 0.3) is 0 Å². The lowest BCUT2D eigenvalue weighted by Crippen LogP contribution is -2.39. The lowest BCUT2D eigenvalue weighted by atomic mass is 9.85. The zero-order valence-electron chi connectivity index (χ0n) is 16.7. The van der Waals surface area contributed by atoms with Gasteiger partial charge in [0, 0.05) is 18.5 Å². The van der Waals surface area contributed by atoms with Crippen LogP contribution in [0, 0.1) is 0 Å². The van der Waals surface area contributed by atoms with Crippen LogP contribution in [0.5, 0.6) is 11.5 Å². The van der Waals surface area contributed by atoms with E-state index in [2.05, 4.69) is 48.7 Å². The molecule has 0 saturated carbocycles. The van der Waals surface area contributed by atoms with Crippen LogP contribution < -0.4 is 15.4 Å². The van der Waals surface area contributed by atoms with Crippen LogP contribution in [0.1, 0.15) is 31.9 Å². The minimum Gasteiger partial charge on any atom is -0.504 e. The molecule has 0 atom stereocenters. The zero-order valence-corrected chi connectivity index (χ0v) is 16.7. The van der Waals surface area contributed by atoms with Crippen molar-refractivity contribution in [2.24, 2.45) is 4.99 Å². The molecule has 5 heteroatoms. The molecule has 3 N–H and O–H groups in total. The fraction of sp³-hybridized carbons (Fsp3) is 0.409. The highest BCUT2D eigenvalue weighted by atomic mass is 16.5. The summed E-state index contributed by atoms with van der Waals surface area (Å²) >= 11 is 0. The van der Waals surface area contributed by atoms with Crippen molar-refractivity contribution in [3.8, 4) is 11.5 Å². The fourth-order valence-corrected chi connectivity index (χ4v) is 2.85. The van der Waals surface area contributed by atoms with E-state index in [4.69, 9.17) is 9.73 Å². The lowest BCUT2D eigenvalue weighted by molar-refractivity contribution is 0.370. The topological polar surface area (TPSA) is 65.9 Å². The van der Waals surface area contributed by atoms with Crippen molar-refractivity contribution in [3.05, 3.63) is 59.7 Å². The second kappa shape index (κ2) is 9.86. The van der Waals surface area contributed by atoms with E-state index in [1.54, 1.807) is 13.2 Å². The van der Waals surface area contributed by atoms with Crippen LogP contribution in [-0.4, -0.2) is 37.8 Å². The number of guanidine groups is 1. The minimum atomic E-state index is -0.0469. The molecule has 0 amide bonds. The zero-order chi connectivity index (χ0) is 19.7. The largest absolute Gasteiger partial charge is 0.504 e. The van der Waals surface area contributed by atoms with Crippen LogP contribution in [0.3, 0.4) is 0 Å². The smallest absolute Gasteiger partial charge is 0.191 e. The normalized spacial score (nSPS) is 11.9. The maximum Gasteiger partial charge on any atom is 0.191 e. The van der Waals surface area contributed by atoms with E-state index in [1.165, 1.54) is 5.56 Å². The number of phenolic OH excluding ortho intramolecular Hbond substituents is 1. The Kier molecular flexibility index (Phi) is 7.53. The Hall–Kier alpha value is -2.69. The summed E-state index contributed by atoms with van der Waals surface area (Å²) in [6.45, 7) is 8.58. The number of aliphatic imine (C=N–C) groups is 1. The summed E-state index contributed by atoms with van der Waals surface area (Å²) in [5.74, 6) is 1.48. The second-order valence-electron chi connectivity index (χ2n) is 7.09. The number of ether oxygens (including phenoxy) is 1. The number of benzene rings is 2. The molecule has 2 aromatic carbocycles. The van der Waals surface area contributed by atoms with E-state index in [0.717, 1.165) is 18.1 Å². The molecule has 0 aliphatic rings. The molecule has 0 fully saturated rings. The second-order valence-corrected chi connectivity index (χ2v) is 7.09. The minimum absolute atomic E-state index is 0.0469. The van der Waals surface area contributed by atoms with E-state index in [-0.39, 0.29) is 11.2 Å². The van der Waals surface area contributed by atoms with E-state index < -0.39 is 0 Å². The van der Waals surface area contributed by atoms with Gasteiger partial charge >= 0.3 is 0 Å². The van der Waals surface area contributed by atoms with Gasteiger partial charge in [-0.2, -0.15) is 0 Å². The van der Waals surface area contributed by atoms with Gasteiger partial charge in [0.05, 0.1) is 13.7 Å². The first-order valence-corrected chi connectivity index (χ1v) is 9.40. The van der Waals surface area contributed by atoms with Crippen LogP contribution in [0.4, 0.5) is 0 Å². The van der Waals surface area contributed by atoms with Crippen LogP contribution in [-0.2, 0) is 11.8 Å². The molecule has 0 aliphatic carbocycles. The Morgan fingerprint density at radius 3 is 2.48 bits per heavy atom. The Labute approximate surface area is 162 Å². The van der Waals surface area contributed by atoms with Gasteiger partial charge < -0.3 is 20.5 Å². The van der Waals surface area contributed by atoms with Crippen molar-refractivity contribution in [1.29, 1.82) is 0 Å². The number of nitrogens with one attached hydrogen (secondary N) is 2. The molecule has 0 spiro atoms. The Balaban J connectivity index is 1.98. The number of nitrogens with zero attached hydrogens (tertiary/aromatic N) is 1. The third kappa shape index (κ3) is 5.91. The van der Waals surface area contributed by atoms with Crippen LogP contribution in [0.15, 0.2) is 53.5 Å². The van der Waals surface area contributed by atoms with E-state index in [0.29, 0.717) is 25.3 Å². The SMILES string of the molecule is CCNC(=NCC(C)(C)c1ccccc1)NCCc1cccc(OC)c1O. The number of aromatic hydroxyl groups is 1. The van der Waals surface area contributed by atoms with Gasteiger partial charge in [0.1, 0.15) is 0 Å².